The summed E-state index contributed by atoms with van der Waals surface area (Å²) < 4.78 is 0. The van der Waals surface area contributed by atoms with Gasteiger partial charge in [0, 0.05) is 9.90 Å². The summed E-state index contributed by atoms with van der Waals surface area (Å²) in [5.74, 6) is 0. The number of halogens is 1. The lowest BCUT2D eigenvalue weighted by molar-refractivity contribution is 1.64. The van der Waals surface area contributed by atoms with Crippen LogP contribution in [0, 0.1) is 6.92 Å². The number of rotatable bonds is 0. The molecule has 2 heteroatoms. The molecule has 0 unspecified atom stereocenters. The van der Waals surface area contributed by atoms with E-state index >= 15 is 0 Å². The van der Waals surface area contributed by atoms with Gasteiger partial charge in [-0.3, -0.25) is 0 Å². The molecule has 0 bridgehead atoms. The van der Waals surface area contributed by atoms with Crippen molar-refractivity contribution in [2.45, 2.75) is 6.92 Å². The summed E-state index contributed by atoms with van der Waals surface area (Å²) >= 11 is 7.32. The van der Waals surface area contributed by atoms with Crippen LogP contribution in [0.5, 0.6) is 0 Å². The topological polar surface area (TPSA) is 0 Å². The predicted octanol–water partition coefficient (Wildman–Crippen LogP) is 4.40. The second-order valence-electron chi connectivity index (χ2n) is 2.52. The van der Waals surface area contributed by atoms with Crippen molar-refractivity contribution in [1.29, 1.82) is 0 Å². The van der Waals surface area contributed by atoms with Crippen LogP contribution in [0.1, 0.15) is 4.88 Å². The molecule has 2 rings (SSSR count). The lowest BCUT2D eigenvalue weighted by Gasteiger charge is -1.80. The molecule has 0 radical (unpaired) electrons. The molecule has 0 spiro atoms. The van der Waals surface area contributed by atoms with Crippen LogP contribution < -0.4 is 0 Å². The molecule has 0 aliphatic rings. The highest BCUT2D eigenvalue weighted by molar-refractivity contribution is 7.09. The number of hydrogen-bond acceptors (Lipinski definition) is 1. The number of aryl methyl sites for hydroxylation is 1. The van der Waals surface area contributed by atoms with Crippen LogP contribution in [0.2, 0.25) is 5.02 Å². The van der Waals surface area contributed by atoms with E-state index in [2.05, 4.69) is 24.4 Å². The Balaban J connectivity index is 0.000000132. The molecular formula is C11H11ClS. The van der Waals surface area contributed by atoms with Crippen molar-refractivity contribution in [3.05, 3.63) is 57.7 Å². The highest BCUT2D eigenvalue weighted by Gasteiger charge is 1.75. The molecule has 0 saturated heterocycles. The molecule has 68 valence electrons. The molecule has 0 saturated carbocycles. The summed E-state index contributed by atoms with van der Waals surface area (Å²) in [7, 11) is 0. The molecule has 0 aliphatic carbocycles. The van der Waals surface area contributed by atoms with E-state index in [9.17, 15) is 0 Å². The van der Waals surface area contributed by atoms with Crippen LogP contribution in [0.25, 0.3) is 0 Å². The van der Waals surface area contributed by atoms with Gasteiger partial charge < -0.3 is 0 Å². The Hall–Kier alpha value is -0.790. The molecule has 1 aromatic heterocycles. The highest BCUT2D eigenvalue weighted by atomic mass is 35.5. The van der Waals surface area contributed by atoms with E-state index < -0.39 is 0 Å². The molecule has 0 fully saturated rings. The minimum absolute atomic E-state index is 0.794. The molecular weight excluding hydrogens is 200 g/mol. The van der Waals surface area contributed by atoms with E-state index in [4.69, 9.17) is 11.6 Å². The van der Waals surface area contributed by atoms with Gasteiger partial charge in [0.25, 0.3) is 0 Å². The molecule has 0 nitrogen and oxygen atoms in total. The maximum Gasteiger partial charge on any atom is 0.0405 e. The second kappa shape index (κ2) is 5.79. The van der Waals surface area contributed by atoms with Crippen molar-refractivity contribution in [2.75, 3.05) is 0 Å². The summed E-state index contributed by atoms with van der Waals surface area (Å²) in [5, 5.41) is 2.87. The van der Waals surface area contributed by atoms with Crippen molar-refractivity contribution in [3.8, 4) is 0 Å². The third-order valence-corrected chi connectivity index (χ3v) is 2.45. The largest absolute Gasteiger partial charge is 0.149 e. The normalized spacial score (nSPS) is 8.77. The first kappa shape index (κ1) is 10.3. The Morgan fingerprint density at radius 3 is 1.92 bits per heavy atom. The lowest BCUT2D eigenvalue weighted by atomic mass is 10.4. The summed E-state index contributed by atoms with van der Waals surface area (Å²) in [6, 6.07) is 13.6. The molecule has 1 heterocycles. The molecule has 2 aromatic rings. The summed E-state index contributed by atoms with van der Waals surface area (Å²) in [6.45, 7) is 2.10. The van der Waals surface area contributed by atoms with Gasteiger partial charge in [-0.15, -0.1) is 11.3 Å². The van der Waals surface area contributed by atoms with Gasteiger partial charge in [-0.25, -0.2) is 0 Å². The van der Waals surface area contributed by atoms with Gasteiger partial charge in [0.1, 0.15) is 0 Å². The molecule has 0 amide bonds. The predicted molar refractivity (Wildman–Crippen MR) is 60.5 cm³/mol. The highest BCUT2D eigenvalue weighted by Crippen LogP contribution is 2.04. The molecule has 0 aliphatic heterocycles. The molecule has 1 aromatic carbocycles. The number of thiophene rings is 1. The number of hydrogen-bond donors (Lipinski definition) is 0. The second-order valence-corrected chi connectivity index (χ2v) is 4.11. The maximum atomic E-state index is 5.54. The van der Waals surface area contributed by atoms with E-state index in [-0.39, 0.29) is 0 Å². The van der Waals surface area contributed by atoms with Gasteiger partial charge in [-0.05, 0) is 30.5 Å². The Labute approximate surface area is 87.8 Å². The van der Waals surface area contributed by atoms with Crippen molar-refractivity contribution in [2.24, 2.45) is 0 Å². The van der Waals surface area contributed by atoms with Gasteiger partial charge in [-0.1, -0.05) is 35.9 Å². The van der Waals surface area contributed by atoms with Crippen LogP contribution in [-0.4, -0.2) is 0 Å². The van der Waals surface area contributed by atoms with Gasteiger partial charge in [0.15, 0.2) is 0 Å². The smallest absolute Gasteiger partial charge is 0.0405 e. The van der Waals surface area contributed by atoms with Gasteiger partial charge in [0.05, 0.1) is 0 Å². The fraction of sp³-hybridized carbons (Fsp3) is 0.0909. The molecule has 0 N–H and O–H groups in total. The van der Waals surface area contributed by atoms with Gasteiger partial charge in [-0.2, -0.15) is 0 Å². The monoisotopic (exact) mass is 210 g/mol. The Morgan fingerprint density at radius 1 is 1.00 bits per heavy atom. The van der Waals surface area contributed by atoms with Crippen LogP contribution in [0.3, 0.4) is 0 Å². The average molecular weight is 211 g/mol. The zero-order valence-corrected chi connectivity index (χ0v) is 8.98. The maximum absolute atomic E-state index is 5.54. The quantitative estimate of drug-likeness (QED) is 0.605. The van der Waals surface area contributed by atoms with Crippen LogP contribution in [-0.2, 0) is 0 Å². The standard InChI is InChI=1S/C6H5Cl.C5H6S/c7-6-4-2-1-3-5-6;1-5-3-2-4-6-5/h1-5H;2-4H,1H3. The lowest BCUT2D eigenvalue weighted by Crippen LogP contribution is -1.55. The molecule has 0 atom stereocenters. The van der Waals surface area contributed by atoms with E-state index in [0.717, 1.165) is 5.02 Å². The van der Waals surface area contributed by atoms with E-state index in [1.165, 1.54) is 4.88 Å². The minimum atomic E-state index is 0.794. The first-order chi connectivity index (χ1) is 6.29. The minimum Gasteiger partial charge on any atom is -0.149 e. The van der Waals surface area contributed by atoms with Gasteiger partial charge >= 0.3 is 0 Å². The Kier molecular flexibility index (Phi) is 4.58. The van der Waals surface area contributed by atoms with E-state index in [1.807, 2.05) is 30.3 Å². The SMILES string of the molecule is Cc1cccs1.Clc1ccccc1. The van der Waals surface area contributed by atoms with Crippen molar-refractivity contribution < 1.29 is 0 Å². The first-order valence-corrected chi connectivity index (χ1v) is 5.25. The third-order valence-electron chi connectivity index (χ3n) is 1.40. The summed E-state index contributed by atoms with van der Waals surface area (Å²) in [5.41, 5.74) is 0. The van der Waals surface area contributed by atoms with Crippen LogP contribution >= 0.6 is 22.9 Å². The van der Waals surface area contributed by atoms with E-state index in [1.54, 1.807) is 11.3 Å². The number of benzene rings is 1. The summed E-state index contributed by atoms with van der Waals surface area (Å²) in [4.78, 5) is 1.38. The fourth-order valence-corrected chi connectivity index (χ4v) is 1.45. The van der Waals surface area contributed by atoms with Crippen LogP contribution in [0.15, 0.2) is 47.8 Å². The Morgan fingerprint density at radius 2 is 1.69 bits per heavy atom. The zero-order valence-electron chi connectivity index (χ0n) is 7.41. The fourth-order valence-electron chi connectivity index (χ4n) is 0.775. The van der Waals surface area contributed by atoms with Gasteiger partial charge in [0.2, 0.25) is 0 Å². The third kappa shape index (κ3) is 4.71. The summed E-state index contributed by atoms with van der Waals surface area (Å²) in [6.07, 6.45) is 0. The van der Waals surface area contributed by atoms with E-state index in [0.29, 0.717) is 0 Å². The van der Waals surface area contributed by atoms with Crippen molar-refractivity contribution >= 4 is 22.9 Å². The van der Waals surface area contributed by atoms with Crippen molar-refractivity contribution in [1.82, 2.24) is 0 Å². The zero-order chi connectivity index (χ0) is 9.52. The Bertz CT molecular complexity index is 313. The van der Waals surface area contributed by atoms with Crippen LogP contribution in [0.4, 0.5) is 0 Å². The average Bonchev–Trinajstić information content (AvgIpc) is 2.58. The molecule has 13 heavy (non-hydrogen) atoms. The first-order valence-electron chi connectivity index (χ1n) is 3.99. The van der Waals surface area contributed by atoms with Crippen molar-refractivity contribution in [3.63, 3.8) is 0 Å².